The Morgan fingerprint density at radius 3 is 2.52 bits per heavy atom. The van der Waals surface area contributed by atoms with Crippen LogP contribution in [0.1, 0.15) is 25.3 Å². The predicted molar refractivity (Wildman–Crippen MR) is 100 cm³/mol. The van der Waals surface area contributed by atoms with Gasteiger partial charge in [-0.3, -0.25) is 4.79 Å². The van der Waals surface area contributed by atoms with Crippen molar-refractivity contribution >= 4 is 28.9 Å². The molecule has 3 rings (SSSR count). The highest BCUT2D eigenvalue weighted by molar-refractivity contribution is 6.33. The van der Waals surface area contributed by atoms with Crippen LogP contribution in [0.15, 0.2) is 36.4 Å². The summed E-state index contributed by atoms with van der Waals surface area (Å²) in [6.45, 7) is 5.30. The van der Waals surface area contributed by atoms with Gasteiger partial charge in [0.15, 0.2) is 11.5 Å². The lowest BCUT2D eigenvalue weighted by Crippen LogP contribution is -2.23. The SMILES string of the molecule is CC(C)c1ccccc1NC(=O)CNc1cc2c(cc1Cl)OCCO2. The van der Waals surface area contributed by atoms with Crippen LogP contribution in [0.3, 0.4) is 0 Å². The van der Waals surface area contributed by atoms with Crippen LogP contribution in [0.25, 0.3) is 0 Å². The molecule has 5 nitrogen and oxygen atoms in total. The summed E-state index contributed by atoms with van der Waals surface area (Å²) >= 11 is 6.24. The van der Waals surface area contributed by atoms with Gasteiger partial charge in [0.05, 0.1) is 17.3 Å². The van der Waals surface area contributed by atoms with Crippen molar-refractivity contribution in [2.24, 2.45) is 0 Å². The van der Waals surface area contributed by atoms with Gasteiger partial charge in [-0.2, -0.15) is 0 Å². The first-order valence-electron chi connectivity index (χ1n) is 8.26. The highest BCUT2D eigenvalue weighted by Gasteiger charge is 2.16. The second-order valence-electron chi connectivity index (χ2n) is 6.12. The van der Waals surface area contributed by atoms with Crippen LogP contribution in [0.5, 0.6) is 11.5 Å². The Balaban J connectivity index is 1.65. The maximum Gasteiger partial charge on any atom is 0.243 e. The predicted octanol–water partition coefficient (Wildman–Crippen LogP) is 4.29. The summed E-state index contributed by atoms with van der Waals surface area (Å²) in [5.74, 6) is 1.44. The number of fused-ring (bicyclic) bond motifs is 1. The van der Waals surface area contributed by atoms with E-state index in [4.69, 9.17) is 21.1 Å². The van der Waals surface area contributed by atoms with Gasteiger partial charge in [-0.25, -0.2) is 0 Å². The molecule has 0 aromatic heterocycles. The summed E-state index contributed by atoms with van der Waals surface area (Å²) in [7, 11) is 0. The molecule has 0 unspecified atom stereocenters. The number of hydrogen-bond acceptors (Lipinski definition) is 4. The van der Waals surface area contributed by atoms with E-state index in [2.05, 4.69) is 24.5 Å². The van der Waals surface area contributed by atoms with Crippen LogP contribution in [0.2, 0.25) is 5.02 Å². The summed E-state index contributed by atoms with van der Waals surface area (Å²) in [5.41, 5.74) is 2.57. The zero-order valence-electron chi connectivity index (χ0n) is 14.3. The molecule has 1 heterocycles. The lowest BCUT2D eigenvalue weighted by molar-refractivity contribution is -0.114. The summed E-state index contributed by atoms with van der Waals surface area (Å²) in [6.07, 6.45) is 0. The molecule has 0 saturated heterocycles. The zero-order chi connectivity index (χ0) is 17.8. The average molecular weight is 361 g/mol. The van der Waals surface area contributed by atoms with E-state index in [9.17, 15) is 4.79 Å². The van der Waals surface area contributed by atoms with E-state index in [1.54, 1.807) is 12.1 Å². The fourth-order valence-electron chi connectivity index (χ4n) is 2.68. The number of hydrogen-bond donors (Lipinski definition) is 2. The third-order valence-electron chi connectivity index (χ3n) is 3.93. The molecular formula is C19H21ClN2O3. The van der Waals surface area contributed by atoms with Crippen LogP contribution >= 0.6 is 11.6 Å². The maximum absolute atomic E-state index is 12.3. The molecule has 0 bridgehead atoms. The molecule has 6 heteroatoms. The van der Waals surface area contributed by atoms with Crippen molar-refractivity contribution in [2.45, 2.75) is 19.8 Å². The van der Waals surface area contributed by atoms with Gasteiger partial charge in [-0.1, -0.05) is 43.6 Å². The number of nitrogens with one attached hydrogen (secondary N) is 2. The number of benzene rings is 2. The molecule has 132 valence electrons. The number of ether oxygens (including phenoxy) is 2. The summed E-state index contributed by atoms with van der Waals surface area (Å²) in [4.78, 5) is 12.3. The summed E-state index contributed by atoms with van der Waals surface area (Å²) < 4.78 is 11.0. The third kappa shape index (κ3) is 4.17. The van der Waals surface area contributed by atoms with Crippen molar-refractivity contribution in [2.75, 3.05) is 30.4 Å². The standard InChI is InChI=1S/C19H21ClN2O3/c1-12(2)13-5-3-4-6-15(13)22-19(23)11-21-16-10-18-17(9-14(16)20)24-7-8-25-18/h3-6,9-10,12,21H,7-8,11H2,1-2H3,(H,22,23). The number of halogens is 1. The number of para-hydroxylation sites is 1. The maximum atomic E-state index is 12.3. The summed E-state index contributed by atoms with van der Waals surface area (Å²) in [6, 6.07) is 11.3. The topological polar surface area (TPSA) is 59.6 Å². The van der Waals surface area contributed by atoms with Gasteiger partial charge in [0.2, 0.25) is 5.91 Å². The highest BCUT2D eigenvalue weighted by atomic mass is 35.5. The Morgan fingerprint density at radius 1 is 1.12 bits per heavy atom. The molecule has 2 aromatic carbocycles. The Kier molecular flexibility index (Phi) is 5.34. The molecule has 1 amide bonds. The monoisotopic (exact) mass is 360 g/mol. The molecule has 2 N–H and O–H groups in total. The highest BCUT2D eigenvalue weighted by Crippen LogP contribution is 2.37. The minimum Gasteiger partial charge on any atom is -0.486 e. The lowest BCUT2D eigenvalue weighted by Gasteiger charge is -2.20. The van der Waals surface area contributed by atoms with E-state index in [0.29, 0.717) is 41.3 Å². The molecule has 1 aliphatic rings. The first-order chi connectivity index (χ1) is 12.0. The fraction of sp³-hybridized carbons (Fsp3) is 0.316. The van der Waals surface area contributed by atoms with E-state index >= 15 is 0 Å². The number of anilines is 2. The largest absolute Gasteiger partial charge is 0.486 e. The minimum atomic E-state index is -0.140. The van der Waals surface area contributed by atoms with Crippen LogP contribution in [-0.4, -0.2) is 25.7 Å². The minimum absolute atomic E-state index is 0.103. The molecule has 1 aliphatic heterocycles. The quantitative estimate of drug-likeness (QED) is 0.835. The van der Waals surface area contributed by atoms with E-state index in [-0.39, 0.29) is 12.5 Å². The molecule has 0 spiro atoms. The van der Waals surface area contributed by atoms with Crippen LogP contribution in [-0.2, 0) is 4.79 Å². The van der Waals surface area contributed by atoms with Crippen molar-refractivity contribution in [1.29, 1.82) is 0 Å². The molecular weight excluding hydrogens is 340 g/mol. The zero-order valence-corrected chi connectivity index (χ0v) is 15.0. The van der Waals surface area contributed by atoms with Crippen molar-refractivity contribution < 1.29 is 14.3 Å². The van der Waals surface area contributed by atoms with Crippen molar-refractivity contribution in [3.63, 3.8) is 0 Å². The Labute approximate surface area is 152 Å². The van der Waals surface area contributed by atoms with Gasteiger partial charge in [0.25, 0.3) is 0 Å². The Hall–Kier alpha value is -2.40. The molecule has 0 radical (unpaired) electrons. The van der Waals surface area contributed by atoms with Crippen molar-refractivity contribution in [3.8, 4) is 11.5 Å². The number of rotatable bonds is 5. The van der Waals surface area contributed by atoms with Gasteiger partial charge >= 0.3 is 0 Å². The molecule has 0 aliphatic carbocycles. The van der Waals surface area contributed by atoms with E-state index < -0.39 is 0 Å². The van der Waals surface area contributed by atoms with Gasteiger partial charge in [0, 0.05) is 17.8 Å². The van der Waals surface area contributed by atoms with Gasteiger partial charge in [0.1, 0.15) is 13.2 Å². The van der Waals surface area contributed by atoms with Crippen LogP contribution < -0.4 is 20.1 Å². The average Bonchev–Trinajstić information content (AvgIpc) is 2.60. The summed E-state index contributed by atoms with van der Waals surface area (Å²) in [5, 5.41) is 6.48. The van der Waals surface area contributed by atoms with Crippen molar-refractivity contribution in [1.82, 2.24) is 0 Å². The van der Waals surface area contributed by atoms with Crippen molar-refractivity contribution in [3.05, 3.63) is 47.0 Å². The smallest absolute Gasteiger partial charge is 0.243 e. The van der Waals surface area contributed by atoms with E-state index in [1.165, 1.54) is 0 Å². The molecule has 0 fully saturated rings. The second kappa shape index (κ2) is 7.66. The number of carbonyl (C=O) groups excluding carboxylic acids is 1. The first-order valence-corrected chi connectivity index (χ1v) is 8.64. The normalized spacial score (nSPS) is 12.8. The second-order valence-corrected chi connectivity index (χ2v) is 6.53. The Bertz CT molecular complexity index is 777. The molecule has 0 atom stereocenters. The van der Waals surface area contributed by atoms with E-state index in [0.717, 1.165) is 11.3 Å². The van der Waals surface area contributed by atoms with Crippen LogP contribution in [0.4, 0.5) is 11.4 Å². The van der Waals surface area contributed by atoms with Gasteiger partial charge in [-0.15, -0.1) is 0 Å². The third-order valence-corrected chi connectivity index (χ3v) is 4.24. The van der Waals surface area contributed by atoms with Gasteiger partial charge < -0.3 is 20.1 Å². The molecule has 0 saturated carbocycles. The van der Waals surface area contributed by atoms with Gasteiger partial charge in [-0.05, 0) is 17.5 Å². The first kappa shape index (κ1) is 17.4. The molecule has 2 aromatic rings. The molecule has 25 heavy (non-hydrogen) atoms. The number of amides is 1. The van der Waals surface area contributed by atoms with Crippen LogP contribution in [0, 0.1) is 0 Å². The number of carbonyl (C=O) groups is 1. The Morgan fingerprint density at radius 2 is 1.80 bits per heavy atom. The lowest BCUT2D eigenvalue weighted by atomic mass is 10.0. The fourth-order valence-corrected chi connectivity index (χ4v) is 2.90. The van der Waals surface area contributed by atoms with E-state index in [1.807, 2.05) is 24.3 Å².